The SMILES string of the molecule is Cc1ccc(C(=O)Nc2cccc(-n3nncc3C(C)C)c2)cc1C. The number of anilines is 1. The number of nitrogens with one attached hydrogen (secondary N) is 1. The number of rotatable bonds is 4. The van der Waals surface area contributed by atoms with Crippen LogP contribution in [0.4, 0.5) is 5.69 Å². The molecule has 1 amide bonds. The molecule has 2 aromatic carbocycles. The van der Waals surface area contributed by atoms with E-state index in [1.807, 2.05) is 56.3 Å². The predicted octanol–water partition coefficient (Wildman–Crippen LogP) is 4.26. The summed E-state index contributed by atoms with van der Waals surface area (Å²) in [7, 11) is 0. The zero-order valence-corrected chi connectivity index (χ0v) is 14.9. The molecule has 0 radical (unpaired) electrons. The van der Waals surface area contributed by atoms with Gasteiger partial charge in [-0.15, -0.1) is 5.10 Å². The summed E-state index contributed by atoms with van der Waals surface area (Å²) in [5.41, 5.74) is 5.55. The second-order valence-corrected chi connectivity index (χ2v) is 6.53. The minimum absolute atomic E-state index is 0.122. The summed E-state index contributed by atoms with van der Waals surface area (Å²) in [6.45, 7) is 8.23. The van der Waals surface area contributed by atoms with Gasteiger partial charge < -0.3 is 5.32 Å². The molecule has 5 heteroatoms. The predicted molar refractivity (Wildman–Crippen MR) is 99.3 cm³/mol. The molecule has 3 rings (SSSR count). The number of hydrogen-bond acceptors (Lipinski definition) is 3. The summed E-state index contributed by atoms with van der Waals surface area (Å²) < 4.78 is 1.80. The number of aromatic nitrogens is 3. The Morgan fingerprint density at radius 2 is 1.88 bits per heavy atom. The van der Waals surface area contributed by atoms with E-state index in [-0.39, 0.29) is 5.91 Å². The summed E-state index contributed by atoms with van der Waals surface area (Å²) >= 11 is 0. The van der Waals surface area contributed by atoms with E-state index in [9.17, 15) is 4.79 Å². The molecule has 0 fully saturated rings. The van der Waals surface area contributed by atoms with Crippen molar-refractivity contribution >= 4 is 11.6 Å². The van der Waals surface area contributed by atoms with Crippen LogP contribution in [0.3, 0.4) is 0 Å². The maximum atomic E-state index is 12.5. The van der Waals surface area contributed by atoms with Crippen molar-refractivity contribution in [3.8, 4) is 5.69 Å². The van der Waals surface area contributed by atoms with Crippen LogP contribution in [-0.4, -0.2) is 20.9 Å². The first kappa shape index (κ1) is 16.9. The lowest BCUT2D eigenvalue weighted by molar-refractivity contribution is 0.102. The van der Waals surface area contributed by atoms with E-state index in [4.69, 9.17) is 0 Å². The van der Waals surface area contributed by atoms with Gasteiger partial charge in [0.15, 0.2) is 0 Å². The van der Waals surface area contributed by atoms with E-state index in [0.717, 1.165) is 22.6 Å². The molecule has 0 aliphatic heterocycles. The standard InChI is InChI=1S/C20H22N4O/c1-13(2)19-12-21-23-24(19)18-7-5-6-17(11-18)22-20(25)16-9-8-14(3)15(4)10-16/h5-13H,1-4H3,(H,22,25). The van der Waals surface area contributed by atoms with Gasteiger partial charge in [-0.2, -0.15) is 0 Å². The van der Waals surface area contributed by atoms with Crippen molar-refractivity contribution < 1.29 is 4.79 Å². The van der Waals surface area contributed by atoms with Gasteiger partial charge in [-0.05, 0) is 61.2 Å². The molecule has 0 aliphatic rings. The smallest absolute Gasteiger partial charge is 0.255 e. The highest BCUT2D eigenvalue weighted by Crippen LogP contribution is 2.20. The van der Waals surface area contributed by atoms with E-state index in [2.05, 4.69) is 29.5 Å². The number of benzene rings is 2. The molecule has 0 aliphatic carbocycles. The fraction of sp³-hybridized carbons (Fsp3) is 0.250. The van der Waals surface area contributed by atoms with E-state index in [0.29, 0.717) is 11.5 Å². The largest absolute Gasteiger partial charge is 0.322 e. The maximum Gasteiger partial charge on any atom is 0.255 e. The van der Waals surface area contributed by atoms with Crippen molar-refractivity contribution in [1.29, 1.82) is 0 Å². The molecule has 0 saturated heterocycles. The molecule has 0 spiro atoms. The minimum atomic E-state index is -0.122. The zero-order chi connectivity index (χ0) is 18.0. The monoisotopic (exact) mass is 334 g/mol. The van der Waals surface area contributed by atoms with E-state index in [1.54, 1.807) is 10.9 Å². The van der Waals surface area contributed by atoms with Crippen LogP contribution in [0.2, 0.25) is 0 Å². The first-order chi connectivity index (χ1) is 12.0. The van der Waals surface area contributed by atoms with Crippen molar-refractivity contribution in [2.75, 3.05) is 5.32 Å². The summed E-state index contributed by atoms with van der Waals surface area (Å²) in [5.74, 6) is 0.187. The Kier molecular flexibility index (Phi) is 4.65. The van der Waals surface area contributed by atoms with Gasteiger partial charge in [0.05, 0.1) is 17.6 Å². The van der Waals surface area contributed by atoms with Gasteiger partial charge in [0.25, 0.3) is 5.91 Å². The number of carbonyl (C=O) groups is 1. The van der Waals surface area contributed by atoms with Crippen molar-refractivity contribution in [2.45, 2.75) is 33.6 Å². The van der Waals surface area contributed by atoms with Gasteiger partial charge in [0.2, 0.25) is 0 Å². The molecule has 25 heavy (non-hydrogen) atoms. The van der Waals surface area contributed by atoms with Crippen LogP contribution in [-0.2, 0) is 0 Å². The fourth-order valence-electron chi connectivity index (χ4n) is 2.64. The molecule has 1 aromatic heterocycles. The summed E-state index contributed by atoms with van der Waals surface area (Å²) in [4.78, 5) is 12.5. The van der Waals surface area contributed by atoms with Crippen LogP contribution in [0.1, 0.15) is 46.9 Å². The molecular weight excluding hydrogens is 312 g/mol. The topological polar surface area (TPSA) is 59.8 Å². The average Bonchev–Trinajstić information content (AvgIpc) is 3.07. The molecule has 0 bridgehead atoms. The van der Waals surface area contributed by atoms with Crippen LogP contribution in [0.25, 0.3) is 5.69 Å². The lowest BCUT2D eigenvalue weighted by Crippen LogP contribution is -2.13. The maximum absolute atomic E-state index is 12.5. The molecule has 0 saturated carbocycles. The third-order valence-corrected chi connectivity index (χ3v) is 4.28. The molecular formula is C20H22N4O. The third-order valence-electron chi connectivity index (χ3n) is 4.28. The molecule has 128 valence electrons. The highest BCUT2D eigenvalue weighted by Gasteiger charge is 2.11. The highest BCUT2D eigenvalue weighted by atomic mass is 16.1. The number of carbonyl (C=O) groups excluding carboxylic acids is 1. The number of nitrogens with zero attached hydrogens (tertiary/aromatic N) is 3. The van der Waals surface area contributed by atoms with Crippen molar-refractivity contribution in [3.05, 3.63) is 71.0 Å². The lowest BCUT2D eigenvalue weighted by Gasteiger charge is -2.11. The second-order valence-electron chi connectivity index (χ2n) is 6.53. The lowest BCUT2D eigenvalue weighted by atomic mass is 10.1. The molecule has 5 nitrogen and oxygen atoms in total. The van der Waals surface area contributed by atoms with E-state index >= 15 is 0 Å². The summed E-state index contributed by atoms with van der Waals surface area (Å²) in [6.07, 6.45) is 1.77. The molecule has 1 N–H and O–H groups in total. The Morgan fingerprint density at radius 3 is 2.60 bits per heavy atom. The summed E-state index contributed by atoms with van der Waals surface area (Å²) in [6, 6.07) is 13.3. The molecule has 1 heterocycles. The van der Waals surface area contributed by atoms with E-state index < -0.39 is 0 Å². The van der Waals surface area contributed by atoms with Gasteiger partial charge in [0, 0.05) is 11.3 Å². The first-order valence-electron chi connectivity index (χ1n) is 8.35. The Labute approximate surface area is 147 Å². The Balaban J connectivity index is 1.85. The Morgan fingerprint density at radius 1 is 1.08 bits per heavy atom. The quantitative estimate of drug-likeness (QED) is 0.775. The van der Waals surface area contributed by atoms with Crippen LogP contribution >= 0.6 is 0 Å². The molecule has 0 unspecified atom stereocenters. The Bertz CT molecular complexity index is 912. The minimum Gasteiger partial charge on any atom is -0.322 e. The third kappa shape index (κ3) is 3.60. The van der Waals surface area contributed by atoms with Crippen LogP contribution in [0.15, 0.2) is 48.7 Å². The Hall–Kier alpha value is -2.95. The number of hydrogen-bond donors (Lipinski definition) is 1. The van der Waals surface area contributed by atoms with Crippen LogP contribution in [0.5, 0.6) is 0 Å². The van der Waals surface area contributed by atoms with Crippen molar-refractivity contribution in [1.82, 2.24) is 15.0 Å². The van der Waals surface area contributed by atoms with Crippen LogP contribution < -0.4 is 5.32 Å². The van der Waals surface area contributed by atoms with Crippen LogP contribution in [0, 0.1) is 13.8 Å². The average molecular weight is 334 g/mol. The zero-order valence-electron chi connectivity index (χ0n) is 14.9. The number of amides is 1. The first-order valence-corrected chi connectivity index (χ1v) is 8.35. The molecule has 3 aromatic rings. The summed E-state index contributed by atoms with van der Waals surface area (Å²) in [5, 5.41) is 11.1. The van der Waals surface area contributed by atoms with Gasteiger partial charge in [-0.3, -0.25) is 4.79 Å². The fourth-order valence-corrected chi connectivity index (χ4v) is 2.64. The molecule has 0 atom stereocenters. The highest BCUT2D eigenvalue weighted by molar-refractivity contribution is 6.04. The second kappa shape index (κ2) is 6.89. The van der Waals surface area contributed by atoms with Crippen molar-refractivity contribution in [3.63, 3.8) is 0 Å². The van der Waals surface area contributed by atoms with Gasteiger partial charge >= 0.3 is 0 Å². The van der Waals surface area contributed by atoms with Gasteiger partial charge in [-0.1, -0.05) is 31.2 Å². The number of aryl methyl sites for hydroxylation is 2. The van der Waals surface area contributed by atoms with E-state index in [1.165, 1.54) is 5.56 Å². The van der Waals surface area contributed by atoms with Crippen molar-refractivity contribution in [2.24, 2.45) is 0 Å². The normalized spacial score (nSPS) is 10.9. The van der Waals surface area contributed by atoms with Gasteiger partial charge in [0.1, 0.15) is 0 Å². The van der Waals surface area contributed by atoms with Gasteiger partial charge in [-0.25, -0.2) is 4.68 Å².